The van der Waals surface area contributed by atoms with E-state index in [1.54, 1.807) is 0 Å². The number of pyridine rings is 2. The van der Waals surface area contributed by atoms with Crippen LogP contribution < -0.4 is 0 Å². The van der Waals surface area contributed by atoms with Crippen molar-refractivity contribution >= 4 is 76.7 Å². The fourth-order valence-electron chi connectivity index (χ4n) is 7.41. The first-order valence-corrected chi connectivity index (χ1v) is 15.1. The van der Waals surface area contributed by atoms with Gasteiger partial charge in [0.15, 0.2) is 0 Å². The summed E-state index contributed by atoms with van der Waals surface area (Å²) in [5.74, 6) is 0. The van der Waals surface area contributed by atoms with Crippen molar-refractivity contribution in [2.24, 2.45) is 0 Å². The topological polar surface area (TPSA) is 34.6 Å². The van der Waals surface area contributed by atoms with E-state index in [1.165, 1.54) is 54.7 Å². The predicted octanol–water partition coefficient (Wildman–Crippen LogP) is 10.2. The highest BCUT2D eigenvalue weighted by Crippen LogP contribution is 2.39. The monoisotopic (exact) mass is 562 g/mol. The van der Waals surface area contributed by atoms with Crippen molar-refractivity contribution < 1.29 is 0 Å². The number of rotatable bonds is 1. The van der Waals surface area contributed by atoms with Crippen LogP contribution in [0.4, 0.5) is 0 Å². The summed E-state index contributed by atoms with van der Waals surface area (Å²) in [6.45, 7) is 4.38. The summed E-state index contributed by atoms with van der Waals surface area (Å²) in [7, 11) is 0. The number of hydrogen-bond acceptors (Lipinski definition) is 2. The number of aryl methyl sites for hydroxylation is 2. The Morgan fingerprint density at radius 2 is 1.02 bits per heavy atom. The highest BCUT2D eigenvalue weighted by Gasteiger charge is 2.18. The van der Waals surface area contributed by atoms with Crippen molar-refractivity contribution in [3.63, 3.8) is 0 Å². The van der Waals surface area contributed by atoms with Gasteiger partial charge in [-0.1, -0.05) is 78.4 Å². The van der Waals surface area contributed by atoms with Gasteiger partial charge < -0.3 is 0 Å². The average Bonchev–Trinajstić information content (AvgIpc) is 3.64. The van der Waals surface area contributed by atoms with Crippen LogP contribution in [-0.4, -0.2) is 18.8 Å². The average molecular weight is 563 g/mol. The molecular formula is C40H26N4. The molecule has 6 aromatic carbocycles. The smallest absolute Gasteiger partial charge is 0.146 e. The van der Waals surface area contributed by atoms with Gasteiger partial charge in [0.2, 0.25) is 0 Å². The minimum Gasteiger partial charge on any atom is -0.292 e. The van der Waals surface area contributed by atoms with Crippen molar-refractivity contribution in [3.8, 4) is 11.1 Å². The second kappa shape index (κ2) is 8.42. The first-order valence-electron chi connectivity index (χ1n) is 15.1. The Balaban J connectivity index is 1.34. The molecule has 0 spiro atoms. The molecule has 10 rings (SSSR count). The Kier molecular flexibility index (Phi) is 4.55. The summed E-state index contributed by atoms with van der Waals surface area (Å²) in [4.78, 5) is 10.3. The second-order valence-corrected chi connectivity index (χ2v) is 12.0. The van der Waals surface area contributed by atoms with Gasteiger partial charge >= 0.3 is 0 Å². The number of benzene rings is 6. The molecule has 0 fully saturated rings. The third kappa shape index (κ3) is 3.07. The van der Waals surface area contributed by atoms with E-state index in [4.69, 9.17) is 9.97 Å². The maximum Gasteiger partial charge on any atom is 0.146 e. The molecule has 44 heavy (non-hydrogen) atoms. The molecule has 206 valence electrons. The molecule has 0 amide bonds. The molecule has 4 aromatic heterocycles. The highest BCUT2D eigenvalue weighted by atomic mass is 15.0. The zero-order valence-corrected chi connectivity index (χ0v) is 24.3. The second-order valence-electron chi connectivity index (χ2n) is 12.0. The van der Waals surface area contributed by atoms with Crippen molar-refractivity contribution in [1.29, 1.82) is 0 Å². The minimum atomic E-state index is 0.992. The summed E-state index contributed by atoms with van der Waals surface area (Å²) in [6, 6.07) is 43.9. The normalized spacial score (nSPS) is 12.3. The molecular weight excluding hydrogens is 536 g/mol. The summed E-state index contributed by atoms with van der Waals surface area (Å²) in [5, 5.41) is 7.27. The molecule has 0 N–H and O–H groups in total. The van der Waals surface area contributed by atoms with Gasteiger partial charge in [-0.3, -0.25) is 8.80 Å². The first kappa shape index (κ1) is 23.8. The lowest BCUT2D eigenvalue weighted by molar-refractivity contribution is 1.31. The fraction of sp³-hybridized carbons (Fsp3) is 0.0500. The largest absolute Gasteiger partial charge is 0.292 e. The number of aromatic nitrogens is 4. The van der Waals surface area contributed by atoms with Crippen LogP contribution in [0.3, 0.4) is 0 Å². The van der Waals surface area contributed by atoms with E-state index in [9.17, 15) is 0 Å². The first-order chi connectivity index (χ1) is 21.6. The molecule has 0 atom stereocenters. The maximum absolute atomic E-state index is 5.17. The molecule has 0 radical (unpaired) electrons. The number of para-hydroxylation sites is 5. The van der Waals surface area contributed by atoms with E-state index in [0.29, 0.717) is 0 Å². The van der Waals surface area contributed by atoms with Gasteiger partial charge in [0.25, 0.3) is 0 Å². The molecule has 4 heteroatoms. The van der Waals surface area contributed by atoms with Gasteiger partial charge in [-0.15, -0.1) is 0 Å². The van der Waals surface area contributed by atoms with Gasteiger partial charge in [-0.2, -0.15) is 0 Å². The zero-order valence-electron chi connectivity index (χ0n) is 24.3. The Morgan fingerprint density at radius 3 is 1.77 bits per heavy atom. The van der Waals surface area contributed by atoms with Crippen molar-refractivity contribution in [3.05, 3.63) is 132 Å². The van der Waals surface area contributed by atoms with E-state index < -0.39 is 0 Å². The minimum absolute atomic E-state index is 0.992. The molecule has 0 aliphatic heterocycles. The fourth-order valence-corrected chi connectivity index (χ4v) is 7.41. The van der Waals surface area contributed by atoms with E-state index in [2.05, 4.69) is 144 Å². The Labute approximate surface area is 252 Å². The molecule has 0 bridgehead atoms. The van der Waals surface area contributed by atoms with E-state index in [-0.39, 0.29) is 0 Å². The Morgan fingerprint density at radius 1 is 0.432 bits per heavy atom. The van der Waals surface area contributed by atoms with E-state index >= 15 is 0 Å². The van der Waals surface area contributed by atoms with Crippen LogP contribution in [0, 0.1) is 13.8 Å². The standard InChI is InChI=1S/C40H26N4/c1-23-15-17-26-28-18-16-25(21-38(28)44-37-14-8-5-11-34(37)41-39(44)31(26)19-23)29-22-32-30(20-24(29)2)27-9-3-6-12-35(27)43-36-13-7-4-10-33(36)42-40(32)43/h3-22H,1-2H3. The van der Waals surface area contributed by atoms with Crippen LogP contribution in [0.25, 0.3) is 87.8 Å². The van der Waals surface area contributed by atoms with Gasteiger partial charge in [0, 0.05) is 21.5 Å². The van der Waals surface area contributed by atoms with Crippen molar-refractivity contribution in [1.82, 2.24) is 18.8 Å². The lowest BCUT2D eigenvalue weighted by atomic mass is 9.93. The molecule has 0 saturated heterocycles. The maximum atomic E-state index is 5.17. The van der Waals surface area contributed by atoms with Crippen LogP contribution in [0.15, 0.2) is 121 Å². The van der Waals surface area contributed by atoms with Crippen LogP contribution in [0.2, 0.25) is 0 Å². The SMILES string of the molecule is Cc1ccc2c3ccc(-c4cc5c(cc4C)c4ccccc4n4c6ccccc6nc54)cc3n3c4ccccc4nc3c2c1. The van der Waals surface area contributed by atoms with Crippen molar-refractivity contribution in [2.75, 3.05) is 0 Å². The van der Waals surface area contributed by atoms with Gasteiger partial charge in [-0.05, 0) is 89.8 Å². The van der Waals surface area contributed by atoms with Gasteiger partial charge in [0.05, 0.1) is 33.1 Å². The molecule has 10 aromatic rings. The summed E-state index contributed by atoms with van der Waals surface area (Å²) >= 11 is 0. The third-order valence-electron chi connectivity index (χ3n) is 9.42. The lowest BCUT2D eigenvalue weighted by Gasteiger charge is -2.15. The van der Waals surface area contributed by atoms with Gasteiger partial charge in [-0.25, -0.2) is 9.97 Å². The molecule has 4 nitrogen and oxygen atoms in total. The van der Waals surface area contributed by atoms with Crippen LogP contribution in [0.5, 0.6) is 0 Å². The van der Waals surface area contributed by atoms with Crippen molar-refractivity contribution in [2.45, 2.75) is 13.8 Å². The third-order valence-corrected chi connectivity index (χ3v) is 9.42. The quantitative estimate of drug-likeness (QED) is 0.187. The number of imidazole rings is 2. The number of hydrogen-bond donors (Lipinski definition) is 0. The van der Waals surface area contributed by atoms with Crippen LogP contribution in [0.1, 0.15) is 11.1 Å². The Hall–Kier alpha value is -5.74. The summed E-state index contributed by atoms with van der Waals surface area (Å²) < 4.78 is 4.67. The van der Waals surface area contributed by atoms with Gasteiger partial charge in [0.1, 0.15) is 11.3 Å². The molecule has 4 heterocycles. The number of nitrogens with zero attached hydrogens (tertiary/aromatic N) is 4. The van der Waals surface area contributed by atoms with Crippen LogP contribution >= 0.6 is 0 Å². The number of fused-ring (bicyclic) bond motifs is 16. The molecule has 0 saturated carbocycles. The highest BCUT2D eigenvalue weighted by molar-refractivity contribution is 6.17. The van der Waals surface area contributed by atoms with Crippen LogP contribution in [-0.2, 0) is 0 Å². The predicted molar refractivity (Wildman–Crippen MR) is 184 cm³/mol. The molecule has 0 aliphatic rings. The summed E-state index contributed by atoms with van der Waals surface area (Å²) in [6.07, 6.45) is 0. The lowest BCUT2D eigenvalue weighted by Crippen LogP contribution is -1.95. The summed E-state index contributed by atoms with van der Waals surface area (Å²) in [5.41, 5.74) is 13.5. The van der Waals surface area contributed by atoms with E-state index in [0.717, 1.165) is 44.3 Å². The molecule has 0 unspecified atom stereocenters. The molecule has 0 aliphatic carbocycles. The Bertz CT molecular complexity index is 2850. The zero-order chi connectivity index (χ0) is 29.1. The van der Waals surface area contributed by atoms with E-state index in [1.807, 2.05) is 0 Å².